The van der Waals surface area contributed by atoms with Gasteiger partial charge in [-0.05, 0) is 48.0 Å². The molecule has 0 amide bonds. The minimum atomic E-state index is -0.284. The van der Waals surface area contributed by atoms with Crippen LogP contribution in [-0.4, -0.2) is 9.97 Å². The van der Waals surface area contributed by atoms with E-state index < -0.39 is 0 Å². The number of rotatable bonds is 2. The highest BCUT2D eigenvalue weighted by molar-refractivity contribution is 7.19. The summed E-state index contributed by atoms with van der Waals surface area (Å²) in [5.41, 5.74) is 3.74. The van der Waals surface area contributed by atoms with Gasteiger partial charge in [0, 0.05) is 16.0 Å². The number of aromatic amines is 1. The molecule has 2 aromatic heterocycles. The molecule has 0 spiro atoms. The molecule has 0 fully saturated rings. The number of benzene rings is 2. The standard InChI is InChI=1S/C17H9ClFN2S/c18-17-6-5-16(22-17)11-1-3-12(13(19)7-11)10-2-4-14-15(8-10)21-9-20-14/h2-9H,(H,20,21). The zero-order chi connectivity index (χ0) is 15.1. The molecule has 2 aromatic carbocycles. The number of fused-ring (bicyclic) bond motifs is 1. The van der Waals surface area contributed by atoms with E-state index in [4.69, 9.17) is 11.6 Å². The molecule has 0 bridgehead atoms. The molecule has 5 heteroatoms. The van der Waals surface area contributed by atoms with Crippen molar-refractivity contribution < 1.29 is 4.39 Å². The quantitative estimate of drug-likeness (QED) is 0.513. The molecule has 0 unspecified atom stereocenters. The average molecular weight is 328 g/mol. The van der Waals surface area contributed by atoms with Gasteiger partial charge in [-0.1, -0.05) is 17.7 Å². The maximum absolute atomic E-state index is 14.5. The van der Waals surface area contributed by atoms with Gasteiger partial charge in [0.05, 0.1) is 21.7 Å². The van der Waals surface area contributed by atoms with Gasteiger partial charge in [0.1, 0.15) is 5.82 Å². The third-order valence-electron chi connectivity index (χ3n) is 3.47. The first-order valence-electron chi connectivity index (χ1n) is 6.61. The Morgan fingerprint density at radius 2 is 2.09 bits per heavy atom. The van der Waals surface area contributed by atoms with Gasteiger partial charge in [-0.3, -0.25) is 0 Å². The molecule has 0 atom stereocenters. The van der Waals surface area contributed by atoms with Gasteiger partial charge >= 0.3 is 0 Å². The number of imidazole rings is 1. The molecular formula is C17H9ClFN2S. The van der Waals surface area contributed by atoms with Crippen LogP contribution in [0.5, 0.6) is 0 Å². The fraction of sp³-hybridized carbons (Fsp3) is 0. The van der Waals surface area contributed by atoms with E-state index in [9.17, 15) is 4.39 Å². The highest BCUT2D eigenvalue weighted by Gasteiger charge is 2.10. The van der Waals surface area contributed by atoms with Gasteiger partial charge in [0.25, 0.3) is 0 Å². The van der Waals surface area contributed by atoms with Crippen molar-refractivity contribution in [3.05, 3.63) is 65.0 Å². The lowest BCUT2D eigenvalue weighted by molar-refractivity contribution is 0.632. The Kier molecular flexibility index (Phi) is 3.21. The highest BCUT2D eigenvalue weighted by Crippen LogP contribution is 2.33. The fourth-order valence-electron chi connectivity index (χ4n) is 2.39. The van der Waals surface area contributed by atoms with Gasteiger partial charge in [-0.15, -0.1) is 11.3 Å². The smallest absolute Gasteiger partial charge is 0.131 e. The first-order chi connectivity index (χ1) is 10.7. The molecule has 2 nitrogen and oxygen atoms in total. The number of nitrogens with zero attached hydrogens (tertiary/aromatic N) is 1. The number of H-pyrrole nitrogens is 1. The molecule has 22 heavy (non-hydrogen) atoms. The Bertz CT molecular complexity index is 974. The van der Waals surface area contributed by atoms with Gasteiger partial charge in [0.15, 0.2) is 0 Å². The van der Waals surface area contributed by atoms with Crippen LogP contribution >= 0.6 is 22.9 Å². The Morgan fingerprint density at radius 1 is 1.18 bits per heavy atom. The van der Waals surface area contributed by atoms with Crippen molar-refractivity contribution in [2.75, 3.05) is 0 Å². The predicted molar refractivity (Wildman–Crippen MR) is 88.6 cm³/mol. The van der Waals surface area contributed by atoms with Gasteiger partial charge in [0.2, 0.25) is 0 Å². The number of nitrogens with one attached hydrogen (secondary N) is 1. The maximum atomic E-state index is 14.5. The van der Waals surface area contributed by atoms with Gasteiger partial charge in [-0.25, -0.2) is 9.37 Å². The molecule has 4 rings (SSSR count). The molecule has 4 aromatic rings. The molecule has 0 saturated heterocycles. The monoisotopic (exact) mass is 327 g/mol. The van der Waals surface area contributed by atoms with Crippen LogP contribution in [0, 0.1) is 11.9 Å². The van der Waals surface area contributed by atoms with Crippen LogP contribution < -0.4 is 0 Å². The van der Waals surface area contributed by atoms with Crippen LogP contribution in [-0.2, 0) is 0 Å². The van der Waals surface area contributed by atoms with Crippen molar-refractivity contribution in [1.82, 2.24) is 9.97 Å². The van der Waals surface area contributed by atoms with Crippen LogP contribution in [0.4, 0.5) is 4.39 Å². The Labute approximate surface area is 135 Å². The summed E-state index contributed by atoms with van der Waals surface area (Å²) in [5.74, 6) is -0.284. The highest BCUT2D eigenvalue weighted by atomic mass is 35.5. The Morgan fingerprint density at radius 3 is 2.86 bits per heavy atom. The summed E-state index contributed by atoms with van der Waals surface area (Å²) in [5, 5.41) is 0. The summed E-state index contributed by atoms with van der Waals surface area (Å²) in [6.45, 7) is 0. The molecular weight excluding hydrogens is 319 g/mol. The second kappa shape index (κ2) is 5.23. The fourth-order valence-corrected chi connectivity index (χ4v) is 3.41. The summed E-state index contributed by atoms with van der Waals surface area (Å²) < 4.78 is 15.2. The van der Waals surface area contributed by atoms with Crippen molar-refractivity contribution in [1.29, 1.82) is 0 Å². The summed E-state index contributed by atoms with van der Waals surface area (Å²) in [6, 6.07) is 15.6. The SMILES string of the molecule is Fc1cc(-c2ccc(Cl)s2)[c]cc1-c1ccc2[nH]cnc2c1. The number of halogens is 2. The second-order valence-electron chi connectivity index (χ2n) is 4.85. The lowest BCUT2D eigenvalue weighted by Gasteiger charge is -2.05. The van der Waals surface area contributed by atoms with Gasteiger partial charge in [-0.2, -0.15) is 0 Å². The van der Waals surface area contributed by atoms with E-state index in [0.29, 0.717) is 15.5 Å². The van der Waals surface area contributed by atoms with Crippen molar-refractivity contribution in [2.45, 2.75) is 0 Å². The van der Waals surface area contributed by atoms with E-state index in [1.807, 2.05) is 24.3 Å². The van der Waals surface area contributed by atoms with E-state index in [-0.39, 0.29) is 5.82 Å². The molecule has 0 aliphatic carbocycles. The average Bonchev–Trinajstić information content (AvgIpc) is 3.15. The van der Waals surface area contributed by atoms with E-state index in [1.54, 1.807) is 18.5 Å². The first-order valence-corrected chi connectivity index (χ1v) is 7.80. The van der Waals surface area contributed by atoms with Crippen LogP contribution in [0.15, 0.2) is 48.8 Å². The van der Waals surface area contributed by atoms with E-state index in [2.05, 4.69) is 16.0 Å². The second-order valence-corrected chi connectivity index (χ2v) is 6.56. The molecule has 2 heterocycles. The van der Waals surface area contributed by atoms with Crippen molar-refractivity contribution >= 4 is 34.0 Å². The van der Waals surface area contributed by atoms with Crippen LogP contribution in [0.2, 0.25) is 4.34 Å². The Balaban J connectivity index is 1.79. The van der Waals surface area contributed by atoms with Crippen LogP contribution in [0.3, 0.4) is 0 Å². The minimum absolute atomic E-state index is 0.284. The lowest BCUT2D eigenvalue weighted by Crippen LogP contribution is -1.86. The maximum Gasteiger partial charge on any atom is 0.131 e. The predicted octanol–water partition coefficient (Wildman–Crippen LogP) is 5.55. The van der Waals surface area contributed by atoms with E-state index in [0.717, 1.165) is 21.5 Å². The first kappa shape index (κ1) is 13.5. The van der Waals surface area contributed by atoms with Crippen molar-refractivity contribution in [3.63, 3.8) is 0 Å². The number of thiophene rings is 1. The van der Waals surface area contributed by atoms with Crippen molar-refractivity contribution in [2.24, 2.45) is 0 Å². The molecule has 107 valence electrons. The Hall–Kier alpha value is -2.17. The largest absolute Gasteiger partial charge is 0.345 e. The summed E-state index contributed by atoms with van der Waals surface area (Å²) in [4.78, 5) is 8.12. The molecule has 0 aliphatic heterocycles. The van der Waals surface area contributed by atoms with Gasteiger partial charge < -0.3 is 4.98 Å². The zero-order valence-corrected chi connectivity index (χ0v) is 12.8. The van der Waals surface area contributed by atoms with Crippen molar-refractivity contribution in [3.8, 4) is 21.6 Å². The zero-order valence-electron chi connectivity index (χ0n) is 11.2. The normalized spacial score (nSPS) is 11.2. The molecule has 1 N–H and O–H groups in total. The summed E-state index contributed by atoms with van der Waals surface area (Å²) in [6.07, 6.45) is 1.63. The summed E-state index contributed by atoms with van der Waals surface area (Å²) in [7, 11) is 0. The number of aromatic nitrogens is 2. The molecule has 0 saturated carbocycles. The number of hydrogen-bond donors (Lipinski definition) is 1. The van der Waals surface area contributed by atoms with Crippen LogP contribution in [0.25, 0.3) is 32.6 Å². The van der Waals surface area contributed by atoms with E-state index in [1.165, 1.54) is 17.4 Å². The van der Waals surface area contributed by atoms with Crippen LogP contribution in [0.1, 0.15) is 0 Å². The number of hydrogen-bond acceptors (Lipinski definition) is 2. The third-order valence-corrected chi connectivity index (χ3v) is 4.74. The third kappa shape index (κ3) is 2.30. The summed E-state index contributed by atoms with van der Waals surface area (Å²) >= 11 is 7.33. The molecule has 1 radical (unpaired) electrons. The minimum Gasteiger partial charge on any atom is -0.345 e. The topological polar surface area (TPSA) is 28.7 Å². The van der Waals surface area contributed by atoms with E-state index >= 15 is 0 Å². The molecule has 0 aliphatic rings. The lowest BCUT2D eigenvalue weighted by atomic mass is 10.0.